The van der Waals surface area contributed by atoms with Crippen LogP contribution >= 0.6 is 11.8 Å². The minimum atomic E-state index is -4.41. The molecule has 0 unspecified atom stereocenters. The summed E-state index contributed by atoms with van der Waals surface area (Å²) in [5.41, 5.74) is 5.53. The number of alkyl halides is 3. The van der Waals surface area contributed by atoms with Crippen molar-refractivity contribution >= 4 is 35.0 Å². The largest absolute Gasteiger partial charge is 0.513 e. The molecular weight excluding hydrogens is 507 g/mol. The third kappa shape index (κ3) is 6.56. The number of carbonyl (C=O) groups is 2. The van der Waals surface area contributed by atoms with Crippen LogP contribution in [0.1, 0.15) is 12.0 Å². The maximum atomic E-state index is 13.4. The highest BCUT2D eigenvalue weighted by Gasteiger charge is 2.33. The Bertz CT molecular complexity index is 1180. The SMILES string of the molecule is NC(=O)C(=CO)NC(=O)CN1CCN(CCCN2c3ccccc3Sc3ccc(C(F)(F)F)cc32)CC1. The molecule has 2 heterocycles. The summed E-state index contributed by atoms with van der Waals surface area (Å²) in [7, 11) is 0. The van der Waals surface area contributed by atoms with E-state index in [1.807, 2.05) is 34.1 Å². The molecule has 0 saturated carbocycles. The van der Waals surface area contributed by atoms with Crippen LogP contribution in [0, 0.1) is 0 Å². The molecule has 2 aromatic rings. The predicted molar refractivity (Wildman–Crippen MR) is 135 cm³/mol. The lowest BCUT2D eigenvalue weighted by Gasteiger charge is -2.36. The number of para-hydroxylation sites is 1. The van der Waals surface area contributed by atoms with E-state index >= 15 is 0 Å². The number of piperazine rings is 1. The Morgan fingerprint density at radius 1 is 1.00 bits per heavy atom. The zero-order chi connectivity index (χ0) is 26.6. The van der Waals surface area contributed by atoms with Crippen molar-refractivity contribution in [1.82, 2.24) is 15.1 Å². The van der Waals surface area contributed by atoms with E-state index in [9.17, 15) is 22.8 Å². The molecule has 4 N–H and O–H groups in total. The van der Waals surface area contributed by atoms with E-state index in [2.05, 4.69) is 10.2 Å². The van der Waals surface area contributed by atoms with Crippen molar-refractivity contribution in [3.63, 3.8) is 0 Å². The molecule has 1 fully saturated rings. The number of hydrogen-bond acceptors (Lipinski definition) is 7. The summed E-state index contributed by atoms with van der Waals surface area (Å²) < 4.78 is 40.2. The first-order valence-corrected chi connectivity index (χ1v) is 12.6. The molecule has 8 nitrogen and oxygen atoms in total. The van der Waals surface area contributed by atoms with Crippen LogP contribution in [0.3, 0.4) is 0 Å². The average Bonchev–Trinajstić information content (AvgIpc) is 2.86. The van der Waals surface area contributed by atoms with Crippen molar-refractivity contribution in [3.8, 4) is 0 Å². The number of halogens is 3. The Labute approximate surface area is 216 Å². The first kappa shape index (κ1) is 26.8. The van der Waals surface area contributed by atoms with Gasteiger partial charge in [0.2, 0.25) is 5.91 Å². The fourth-order valence-corrected chi connectivity index (χ4v) is 5.50. The van der Waals surface area contributed by atoms with Crippen molar-refractivity contribution in [2.45, 2.75) is 22.4 Å². The van der Waals surface area contributed by atoms with Crippen LogP contribution in [0.5, 0.6) is 0 Å². The van der Waals surface area contributed by atoms with Crippen LogP contribution < -0.4 is 16.0 Å². The summed E-state index contributed by atoms with van der Waals surface area (Å²) in [4.78, 5) is 31.2. The molecule has 2 aliphatic rings. The van der Waals surface area contributed by atoms with Crippen LogP contribution in [-0.2, 0) is 15.8 Å². The molecule has 0 bridgehead atoms. The molecule has 2 amide bonds. The molecular formula is C25H28F3N5O3S. The van der Waals surface area contributed by atoms with E-state index in [-0.39, 0.29) is 12.2 Å². The van der Waals surface area contributed by atoms with Gasteiger partial charge in [-0.05, 0) is 43.3 Å². The molecule has 2 aliphatic heterocycles. The van der Waals surface area contributed by atoms with Crippen molar-refractivity contribution in [2.75, 3.05) is 50.7 Å². The molecule has 12 heteroatoms. The zero-order valence-corrected chi connectivity index (χ0v) is 20.8. The smallest absolute Gasteiger partial charge is 0.416 e. The monoisotopic (exact) mass is 535 g/mol. The number of anilines is 2. The molecule has 1 saturated heterocycles. The van der Waals surface area contributed by atoms with E-state index in [0.29, 0.717) is 31.6 Å². The lowest BCUT2D eigenvalue weighted by atomic mass is 10.1. The summed E-state index contributed by atoms with van der Waals surface area (Å²) >= 11 is 1.48. The topological polar surface area (TPSA) is 102 Å². The molecule has 4 rings (SSSR count). The highest BCUT2D eigenvalue weighted by atomic mass is 32.2. The van der Waals surface area contributed by atoms with E-state index in [1.54, 1.807) is 6.07 Å². The number of nitrogens with two attached hydrogens (primary N) is 1. The fourth-order valence-electron chi connectivity index (χ4n) is 4.42. The number of benzene rings is 2. The standard InChI is InChI=1S/C25H28F3N5O3S/c26-25(27,28)17-6-7-22-20(14-17)33(19-4-1-2-5-21(19)37-22)9-3-8-31-10-12-32(13-11-31)15-23(35)30-18(16-34)24(29)36/h1-2,4-7,14,16,34H,3,8-13,15H2,(H2,29,36)(H,30,35). The van der Waals surface area contributed by atoms with Gasteiger partial charge in [-0.15, -0.1) is 0 Å². The number of aliphatic hydroxyl groups excluding tert-OH is 1. The van der Waals surface area contributed by atoms with Crippen molar-refractivity contribution in [1.29, 1.82) is 0 Å². The van der Waals surface area contributed by atoms with E-state index in [0.717, 1.165) is 47.6 Å². The fraction of sp³-hybridized carbons (Fsp3) is 0.360. The second-order valence-electron chi connectivity index (χ2n) is 8.83. The third-order valence-corrected chi connectivity index (χ3v) is 7.44. The molecule has 0 aliphatic carbocycles. The number of rotatable bonds is 8. The maximum absolute atomic E-state index is 13.4. The quantitative estimate of drug-likeness (QED) is 0.352. The van der Waals surface area contributed by atoms with E-state index in [4.69, 9.17) is 10.8 Å². The van der Waals surface area contributed by atoms with Gasteiger partial charge in [0.1, 0.15) is 12.0 Å². The lowest BCUT2D eigenvalue weighted by Crippen LogP contribution is -2.50. The summed E-state index contributed by atoms with van der Waals surface area (Å²) in [6, 6.07) is 11.6. The van der Waals surface area contributed by atoms with Crippen LogP contribution in [0.4, 0.5) is 24.5 Å². The molecule has 2 aromatic carbocycles. The van der Waals surface area contributed by atoms with Gasteiger partial charge in [0.05, 0.1) is 23.5 Å². The number of amides is 2. The van der Waals surface area contributed by atoms with Crippen LogP contribution in [-0.4, -0.2) is 72.5 Å². The Kier molecular flexibility index (Phi) is 8.30. The van der Waals surface area contributed by atoms with Crippen LogP contribution in [0.15, 0.2) is 64.2 Å². The maximum Gasteiger partial charge on any atom is 0.416 e. The summed E-state index contributed by atoms with van der Waals surface area (Å²) in [6.45, 7) is 4.14. The molecule has 0 radical (unpaired) electrons. The first-order valence-electron chi connectivity index (χ1n) is 11.8. The Morgan fingerprint density at radius 2 is 1.68 bits per heavy atom. The van der Waals surface area contributed by atoms with Crippen LogP contribution in [0.25, 0.3) is 0 Å². The number of nitrogens with one attached hydrogen (secondary N) is 1. The molecule has 0 spiro atoms. The van der Waals surface area contributed by atoms with Gasteiger partial charge >= 0.3 is 6.18 Å². The summed E-state index contributed by atoms with van der Waals surface area (Å²) in [6.07, 6.45) is -3.19. The Morgan fingerprint density at radius 3 is 2.35 bits per heavy atom. The molecule has 37 heavy (non-hydrogen) atoms. The first-order chi connectivity index (χ1) is 17.7. The zero-order valence-electron chi connectivity index (χ0n) is 20.0. The Hall–Kier alpha value is -3.22. The minimum Gasteiger partial charge on any atom is -0.513 e. The van der Waals surface area contributed by atoms with Crippen LogP contribution in [0.2, 0.25) is 0 Å². The van der Waals surface area contributed by atoms with E-state index < -0.39 is 23.6 Å². The van der Waals surface area contributed by atoms with Gasteiger partial charge in [-0.25, -0.2) is 0 Å². The van der Waals surface area contributed by atoms with Gasteiger partial charge < -0.3 is 26.0 Å². The Balaban J connectivity index is 1.33. The van der Waals surface area contributed by atoms with Gasteiger partial charge in [0, 0.05) is 42.5 Å². The van der Waals surface area contributed by atoms with Gasteiger partial charge in [-0.1, -0.05) is 23.9 Å². The highest BCUT2D eigenvalue weighted by Crippen LogP contribution is 2.49. The van der Waals surface area contributed by atoms with Gasteiger partial charge in [-0.2, -0.15) is 13.2 Å². The average molecular weight is 536 g/mol. The third-order valence-electron chi connectivity index (χ3n) is 6.31. The van der Waals surface area contributed by atoms with Crippen molar-refractivity contribution in [2.24, 2.45) is 5.73 Å². The number of fused-ring (bicyclic) bond motifs is 2. The van der Waals surface area contributed by atoms with Gasteiger partial charge in [-0.3, -0.25) is 14.5 Å². The lowest BCUT2D eigenvalue weighted by molar-refractivity contribution is -0.137. The highest BCUT2D eigenvalue weighted by molar-refractivity contribution is 7.99. The number of nitrogens with zero attached hydrogens (tertiary/aromatic N) is 3. The second-order valence-corrected chi connectivity index (χ2v) is 9.91. The number of carbonyl (C=O) groups excluding carboxylic acids is 2. The van der Waals surface area contributed by atoms with Gasteiger partial charge in [0.25, 0.3) is 5.91 Å². The number of aliphatic hydroxyl groups is 1. The second kappa shape index (κ2) is 11.4. The number of hydrogen-bond donors (Lipinski definition) is 3. The van der Waals surface area contributed by atoms with Gasteiger partial charge in [0.15, 0.2) is 0 Å². The van der Waals surface area contributed by atoms with Crippen molar-refractivity contribution in [3.05, 3.63) is 60.0 Å². The van der Waals surface area contributed by atoms with Crippen molar-refractivity contribution < 1.29 is 27.9 Å². The van der Waals surface area contributed by atoms with E-state index in [1.165, 1.54) is 17.8 Å². The summed E-state index contributed by atoms with van der Waals surface area (Å²) in [5.74, 6) is -1.36. The normalized spacial score (nSPS) is 16.7. The minimum absolute atomic E-state index is 0.0685. The molecule has 198 valence electrons. The number of primary amides is 1. The summed E-state index contributed by atoms with van der Waals surface area (Å²) in [5, 5.41) is 11.3. The predicted octanol–water partition coefficient (Wildman–Crippen LogP) is 3.32. The molecule has 0 aromatic heterocycles. The molecule has 0 atom stereocenters.